The Morgan fingerprint density at radius 3 is 2.27 bits per heavy atom. The summed E-state index contributed by atoms with van der Waals surface area (Å²) in [5.41, 5.74) is 3.32. The molecule has 0 saturated carbocycles. The summed E-state index contributed by atoms with van der Waals surface area (Å²) < 4.78 is 10.7. The van der Waals surface area contributed by atoms with E-state index in [2.05, 4.69) is 36.4 Å². The number of methoxy groups -OCH3 is 2. The standard InChI is InChI=1S/C26H27NO3/c1-29-22-16-14-20(15-17-22)25-24(13-6-10-19-8-4-3-5-9-19)26(28)27(25)21-11-7-12-23(18-21)30-2/h3-5,7-9,11-12,14-18,24-25H,6,10,13H2,1-2H3/t24-,25-/m1/s1. The Kier molecular flexibility index (Phi) is 6.03. The largest absolute Gasteiger partial charge is 0.497 e. The summed E-state index contributed by atoms with van der Waals surface area (Å²) in [6.07, 6.45) is 2.84. The molecule has 1 saturated heterocycles. The maximum Gasteiger partial charge on any atom is 0.233 e. The molecule has 0 bridgehead atoms. The first-order chi connectivity index (χ1) is 14.7. The molecule has 0 aliphatic carbocycles. The Hall–Kier alpha value is -3.27. The second kappa shape index (κ2) is 9.04. The fourth-order valence-electron chi connectivity index (χ4n) is 4.23. The molecule has 1 fully saturated rings. The molecule has 0 N–H and O–H groups in total. The number of amides is 1. The Morgan fingerprint density at radius 2 is 1.57 bits per heavy atom. The molecular formula is C26H27NO3. The molecule has 4 heteroatoms. The van der Waals surface area contributed by atoms with E-state index in [-0.39, 0.29) is 17.9 Å². The third kappa shape index (κ3) is 4.04. The van der Waals surface area contributed by atoms with Crippen molar-refractivity contribution >= 4 is 11.6 Å². The average Bonchev–Trinajstić information content (AvgIpc) is 2.81. The van der Waals surface area contributed by atoms with E-state index in [1.165, 1.54) is 5.56 Å². The minimum absolute atomic E-state index is 0.0197. The van der Waals surface area contributed by atoms with Crippen molar-refractivity contribution in [2.75, 3.05) is 19.1 Å². The van der Waals surface area contributed by atoms with Gasteiger partial charge in [0, 0.05) is 11.8 Å². The van der Waals surface area contributed by atoms with Crippen LogP contribution in [0.1, 0.15) is 30.0 Å². The van der Waals surface area contributed by atoms with Gasteiger partial charge in [0.2, 0.25) is 5.91 Å². The third-order valence-corrected chi connectivity index (χ3v) is 5.83. The van der Waals surface area contributed by atoms with Gasteiger partial charge in [-0.3, -0.25) is 4.79 Å². The van der Waals surface area contributed by atoms with Crippen LogP contribution in [0.4, 0.5) is 5.69 Å². The van der Waals surface area contributed by atoms with E-state index < -0.39 is 0 Å². The number of carbonyl (C=O) groups excluding carboxylic acids is 1. The minimum atomic E-state index is -0.0201. The van der Waals surface area contributed by atoms with E-state index in [9.17, 15) is 4.79 Å². The van der Waals surface area contributed by atoms with Gasteiger partial charge in [0.15, 0.2) is 0 Å². The third-order valence-electron chi connectivity index (χ3n) is 5.83. The lowest BCUT2D eigenvalue weighted by Gasteiger charge is -2.47. The highest BCUT2D eigenvalue weighted by Crippen LogP contribution is 2.46. The van der Waals surface area contributed by atoms with Crippen molar-refractivity contribution in [2.24, 2.45) is 5.92 Å². The van der Waals surface area contributed by atoms with Crippen LogP contribution in [0.5, 0.6) is 11.5 Å². The smallest absolute Gasteiger partial charge is 0.233 e. The van der Waals surface area contributed by atoms with E-state index in [4.69, 9.17) is 9.47 Å². The van der Waals surface area contributed by atoms with Gasteiger partial charge in [-0.25, -0.2) is 0 Å². The van der Waals surface area contributed by atoms with Crippen LogP contribution in [0.3, 0.4) is 0 Å². The number of hydrogen-bond acceptors (Lipinski definition) is 3. The first-order valence-corrected chi connectivity index (χ1v) is 10.4. The molecule has 0 spiro atoms. The molecule has 0 radical (unpaired) electrons. The van der Waals surface area contributed by atoms with Gasteiger partial charge in [0.1, 0.15) is 11.5 Å². The number of benzene rings is 3. The van der Waals surface area contributed by atoms with Crippen LogP contribution in [0, 0.1) is 5.92 Å². The maximum absolute atomic E-state index is 13.2. The first-order valence-electron chi connectivity index (χ1n) is 10.4. The second-order valence-corrected chi connectivity index (χ2v) is 7.61. The predicted molar refractivity (Wildman–Crippen MR) is 119 cm³/mol. The van der Waals surface area contributed by atoms with Crippen molar-refractivity contribution in [1.29, 1.82) is 0 Å². The molecule has 1 heterocycles. The van der Waals surface area contributed by atoms with Gasteiger partial charge in [-0.05, 0) is 54.7 Å². The zero-order valence-electron chi connectivity index (χ0n) is 17.5. The molecule has 30 heavy (non-hydrogen) atoms. The zero-order chi connectivity index (χ0) is 20.9. The number of aryl methyl sites for hydroxylation is 1. The topological polar surface area (TPSA) is 38.8 Å². The van der Waals surface area contributed by atoms with Crippen LogP contribution in [0.15, 0.2) is 78.9 Å². The molecule has 154 valence electrons. The quantitative estimate of drug-likeness (QED) is 0.472. The van der Waals surface area contributed by atoms with Gasteiger partial charge in [-0.1, -0.05) is 48.5 Å². The molecule has 1 aliphatic rings. The maximum atomic E-state index is 13.2. The number of β-lactam (4-membered cyclic amide) rings is 1. The second-order valence-electron chi connectivity index (χ2n) is 7.61. The number of nitrogens with zero attached hydrogens (tertiary/aromatic N) is 1. The normalized spacial score (nSPS) is 18.1. The molecule has 3 aromatic carbocycles. The van der Waals surface area contributed by atoms with Crippen LogP contribution in [0.2, 0.25) is 0 Å². The van der Waals surface area contributed by atoms with E-state index >= 15 is 0 Å². The predicted octanol–water partition coefficient (Wildman–Crippen LogP) is 5.43. The minimum Gasteiger partial charge on any atom is -0.497 e. The van der Waals surface area contributed by atoms with Crippen LogP contribution in [0.25, 0.3) is 0 Å². The number of ether oxygens (including phenoxy) is 2. The summed E-state index contributed by atoms with van der Waals surface area (Å²) in [7, 11) is 3.31. The van der Waals surface area contributed by atoms with Crippen LogP contribution >= 0.6 is 0 Å². The average molecular weight is 402 g/mol. The number of rotatable bonds is 8. The molecule has 3 aromatic rings. The Balaban J connectivity index is 1.56. The Morgan fingerprint density at radius 1 is 0.833 bits per heavy atom. The van der Waals surface area contributed by atoms with E-state index in [1.807, 2.05) is 47.4 Å². The van der Waals surface area contributed by atoms with Gasteiger partial charge in [-0.15, -0.1) is 0 Å². The molecular weight excluding hydrogens is 374 g/mol. The van der Waals surface area contributed by atoms with Gasteiger partial charge >= 0.3 is 0 Å². The van der Waals surface area contributed by atoms with Crippen LogP contribution < -0.4 is 14.4 Å². The van der Waals surface area contributed by atoms with Gasteiger partial charge in [0.05, 0.1) is 26.2 Å². The highest BCUT2D eigenvalue weighted by atomic mass is 16.5. The van der Waals surface area contributed by atoms with E-state index in [0.29, 0.717) is 0 Å². The fourth-order valence-corrected chi connectivity index (χ4v) is 4.23. The summed E-state index contributed by atoms with van der Waals surface area (Å²) in [5.74, 6) is 1.73. The van der Waals surface area contributed by atoms with E-state index in [0.717, 1.165) is 42.0 Å². The Bertz CT molecular complexity index is 985. The lowest BCUT2D eigenvalue weighted by atomic mass is 9.78. The monoisotopic (exact) mass is 401 g/mol. The SMILES string of the molecule is COc1ccc([C@@H]2[C@@H](CCCc3ccccc3)C(=O)N2c2cccc(OC)c2)cc1. The molecule has 1 aliphatic heterocycles. The molecule has 0 unspecified atom stereocenters. The summed E-state index contributed by atoms with van der Waals surface area (Å²) in [6, 6.07) is 26.2. The summed E-state index contributed by atoms with van der Waals surface area (Å²) >= 11 is 0. The van der Waals surface area contributed by atoms with Gasteiger partial charge in [-0.2, -0.15) is 0 Å². The van der Waals surface area contributed by atoms with Crippen LogP contribution in [-0.2, 0) is 11.2 Å². The Labute approximate surface area is 178 Å². The van der Waals surface area contributed by atoms with Crippen molar-refractivity contribution in [1.82, 2.24) is 0 Å². The zero-order valence-corrected chi connectivity index (χ0v) is 17.5. The molecule has 4 nitrogen and oxygen atoms in total. The van der Waals surface area contributed by atoms with Gasteiger partial charge < -0.3 is 14.4 Å². The number of hydrogen-bond donors (Lipinski definition) is 0. The van der Waals surface area contributed by atoms with E-state index in [1.54, 1.807) is 14.2 Å². The lowest BCUT2D eigenvalue weighted by molar-refractivity contribution is -0.130. The summed E-state index contributed by atoms with van der Waals surface area (Å²) in [6.45, 7) is 0. The number of carbonyl (C=O) groups is 1. The fraction of sp³-hybridized carbons (Fsp3) is 0.269. The lowest BCUT2D eigenvalue weighted by Crippen LogP contribution is -2.55. The summed E-state index contributed by atoms with van der Waals surface area (Å²) in [5, 5.41) is 0. The molecule has 2 atom stereocenters. The molecule has 4 rings (SSSR count). The van der Waals surface area contributed by atoms with Crippen LogP contribution in [-0.4, -0.2) is 20.1 Å². The van der Waals surface area contributed by atoms with Crippen molar-refractivity contribution in [3.8, 4) is 11.5 Å². The first kappa shape index (κ1) is 20.0. The molecule has 0 aromatic heterocycles. The molecule has 1 amide bonds. The van der Waals surface area contributed by atoms with Crippen molar-refractivity contribution in [2.45, 2.75) is 25.3 Å². The summed E-state index contributed by atoms with van der Waals surface area (Å²) in [4.78, 5) is 15.1. The highest BCUT2D eigenvalue weighted by molar-refractivity contribution is 6.03. The van der Waals surface area contributed by atoms with Gasteiger partial charge in [0.25, 0.3) is 0 Å². The highest BCUT2D eigenvalue weighted by Gasteiger charge is 2.48. The number of anilines is 1. The van der Waals surface area contributed by atoms with Crippen molar-refractivity contribution in [3.05, 3.63) is 90.0 Å². The van der Waals surface area contributed by atoms with Crippen molar-refractivity contribution < 1.29 is 14.3 Å². The van der Waals surface area contributed by atoms with Crippen molar-refractivity contribution in [3.63, 3.8) is 0 Å².